The molecule has 2 rings (SSSR count). The average molecular weight is 445 g/mol. The van der Waals surface area contributed by atoms with Crippen molar-refractivity contribution in [2.75, 3.05) is 12.3 Å². The smallest absolute Gasteiger partial charge is 0.297 e. The molecule has 6 nitrogen and oxygen atoms in total. The molecule has 0 aliphatic carbocycles. The Morgan fingerprint density at radius 3 is 2.25 bits per heavy atom. The molecule has 1 heterocycles. The lowest BCUT2D eigenvalue weighted by Gasteiger charge is -2.21. The van der Waals surface area contributed by atoms with E-state index in [0.717, 1.165) is 51.4 Å². The number of rotatable bonds is 14. The van der Waals surface area contributed by atoms with Crippen molar-refractivity contribution in [3.05, 3.63) is 28.0 Å². The number of ether oxygens (including phenoxy) is 2. The zero-order valence-corrected chi connectivity index (χ0v) is 20.5. The third-order valence-electron chi connectivity index (χ3n) is 5.55. The summed E-state index contributed by atoms with van der Waals surface area (Å²) in [6.07, 6.45) is 8.17. The normalized spacial score (nSPS) is 11.3. The van der Waals surface area contributed by atoms with E-state index >= 15 is 0 Å². The summed E-state index contributed by atoms with van der Waals surface area (Å²) in [6, 6.07) is 3.43. The Labute approximate surface area is 192 Å². The number of benzene rings is 1. The van der Waals surface area contributed by atoms with E-state index in [0.29, 0.717) is 41.1 Å². The minimum absolute atomic E-state index is 0.0897. The summed E-state index contributed by atoms with van der Waals surface area (Å²) < 4.78 is 13.8. The van der Waals surface area contributed by atoms with Crippen LogP contribution in [0.15, 0.2) is 16.9 Å². The highest BCUT2D eigenvalue weighted by molar-refractivity contribution is 6.04. The summed E-state index contributed by atoms with van der Waals surface area (Å²) in [5, 5.41) is 0.649. The Balaban J connectivity index is 2.66. The van der Waals surface area contributed by atoms with Crippen molar-refractivity contribution in [3.63, 3.8) is 0 Å². The molecule has 0 aliphatic heterocycles. The van der Waals surface area contributed by atoms with E-state index in [-0.39, 0.29) is 23.2 Å². The first-order valence-electron chi connectivity index (χ1n) is 12.1. The molecule has 2 aromatic rings. The summed E-state index contributed by atoms with van der Waals surface area (Å²) in [4.78, 5) is 25.7. The average Bonchev–Trinajstić information content (AvgIpc) is 2.74. The van der Waals surface area contributed by atoms with E-state index < -0.39 is 0 Å². The highest BCUT2D eigenvalue weighted by Gasteiger charge is 2.23. The van der Waals surface area contributed by atoms with E-state index in [2.05, 4.69) is 13.8 Å². The first-order chi connectivity index (χ1) is 15.3. The van der Waals surface area contributed by atoms with Crippen molar-refractivity contribution in [1.29, 1.82) is 0 Å². The van der Waals surface area contributed by atoms with Crippen molar-refractivity contribution in [2.24, 2.45) is 0 Å². The molecule has 0 radical (unpaired) electrons. The topological polar surface area (TPSA) is 83.5 Å². The maximum atomic E-state index is 13.6. The molecule has 0 amide bonds. The number of aromatic nitrogens is 1. The van der Waals surface area contributed by atoms with Gasteiger partial charge in [0.2, 0.25) is 5.75 Å². The standard InChI is InChI=1S/C26H40N2O4/c1-6-8-10-12-14-28-22-17-20(19(5)29)16-21(27)23(22)24(31-15-13-11-9-7-2)25(26(28)30)32-18(3)4/h16-18H,6-15,27H2,1-5H3. The largest absolute Gasteiger partial charge is 0.489 e. The summed E-state index contributed by atoms with van der Waals surface area (Å²) in [5.74, 6) is 0.515. The zero-order valence-electron chi connectivity index (χ0n) is 20.5. The lowest BCUT2D eigenvalue weighted by Crippen LogP contribution is -2.26. The van der Waals surface area contributed by atoms with Crippen LogP contribution in [0.5, 0.6) is 11.5 Å². The number of nitrogens with zero attached hydrogens (tertiary/aromatic N) is 1. The van der Waals surface area contributed by atoms with Crippen LogP contribution in [-0.2, 0) is 6.54 Å². The van der Waals surface area contributed by atoms with Crippen LogP contribution in [0.25, 0.3) is 10.9 Å². The summed E-state index contributed by atoms with van der Waals surface area (Å²) >= 11 is 0. The molecule has 0 bridgehead atoms. The number of carbonyl (C=O) groups is 1. The van der Waals surface area contributed by atoms with Crippen LogP contribution < -0.4 is 20.8 Å². The van der Waals surface area contributed by atoms with Gasteiger partial charge in [0.15, 0.2) is 11.5 Å². The van der Waals surface area contributed by atoms with Gasteiger partial charge in [0, 0.05) is 17.8 Å². The molecular formula is C26H40N2O4. The van der Waals surface area contributed by atoms with Crippen LogP contribution in [0.4, 0.5) is 5.69 Å². The van der Waals surface area contributed by atoms with Gasteiger partial charge in [-0.3, -0.25) is 9.59 Å². The Bertz CT molecular complexity index is 963. The van der Waals surface area contributed by atoms with Gasteiger partial charge in [0.25, 0.3) is 5.56 Å². The van der Waals surface area contributed by atoms with Gasteiger partial charge in [-0.1, -0.05) is 52.4 Å². The minimum atomic E-state index is -0.230. The molecule has 32 heavy (non-hydrogen) atoms. The first kappa shape index (κ1) is 25.8. The molecule has 178 valence electrons. The number of anilines is 1. The van der Waals surface area contributed by atoms with Gasteiger partial charge in [-0.05, 0) is 45.7 Å². The van der Waals surface area contributed by atoms with Gasteiger partial charge >= 0.3 is 0 Å². The quantitative estimate of drug-likeness (QED) is 0.216. The summed E-state index contributed by atoms with van der Waals surface area (Å²) in [7, 11) is 0. The Morgan fingerprint density at radius 1 is 1.00 bits per heavy atom. The molecule has 0 atom stereocenters. The zero-order chi connectivity index (χ0) is 23.7. The second kappa shape index (κ2) is 12.5. The van der Waals surface area contributed by atoms with E-state index in [1.54, 1.807) is 16.7 Å². The van der Waals surface area contributed by atoms with Crippen LogP contribution >= 0.6 is 0 Å². The third-order valence-corrected chi connectivity index (χ3v) is 5.55. The van der Waals surface area contributed by atoms with E-state index in [4.69, 9.17) is 15.2 Å². The number of hydrogen-bond donors (Lipinski definition) is 1. The molecule has 0 fully saturated rings. The van der Waals surface area contributed by atoms with Crippen LogP contribution in [0, 0.1) is 0 Å². The molecule has 1 aromatic carbocycles. The second-order valence-corrected chi connectivity index (χ2v) is 8.77. The number of pyridine rings is 1. The van der Waals surface area contributed by atoms with Crippen molar-refractivity contribution < 1.29 is 14.3 Å². The highest BCUT2D eigenvalue weighted by Crippen LogP contribution is 2.38. The maximum Gasteiger partial charge on any atom is 0.297 e. The van der Waals surface area contributed by atoms with Crippen molar-refractivity contribution >= 4 is 22.4 Å². The number of fused-ring (bicyclic) bond motifs is 1. The van der Waals surface area contributed by atoms with Gasteiger partial charge < -0.3 is 19.8 Å². The van der Waals surface area contributed by atoms with Gasteiger partial charge in [-0.25, -0.2) is 0 Å². The lowest BCUT2D eigenvalue weighted by molar-refractivity contribution is 0.101. The molecule has 0 spiro atoms. The van der Waals surface area contributed by atoms with E-state index in [1.165, 1.54) is 6.92 Å². The van der Waals surface area contributed by atoms with E-state index in [9.17, 15) is 9.59 Å². The SMILES string of the molecule is CCCCCCOc1c(OC(C)C)c(=O)n(CCCCCC)c2cc(C(C)=O)cc(N)c12. The van der Waals surface area contributed by atoms with Crippen LogP contribution in [0.3, 0.4) is 0 Å². The fourth-order valence-electron chi connectivity index (χ4n) is 3.85. The predicted molar refractivity (Wildman–Crippen MR) is 132 cm³/mol. The Morgan fingerprint density at radius 2 is 1.66 bits per heavy atom. The Hall–Kier alpha value is -2.50. The monoisotopic (exact) mass is 444 g/mol. The Kier molecular flexibility index (Phi) is 10.1. The van der Waals surface area contributed by atoms with Gasteiger partial charge in [0.05, 0.1) is 23.6 Å². The molecule has 2 N–H and O–H groups in total. The number of carbonyl (C=O) groups excluding carboxylic acids is 1. The molecule has 0 saturated carbocycles. The van der Waals surface area contributed by atoms with Crippen molar-refractivity contribution in [3.8, 4) is 11.5 Å². The van der Waals surface area contributed by atoms with Crippen molar-refractivity contribution in [1.82, 2.24) is 4.57 Å². The fraction of sp³-hybridized carbons (Fsp3) is 0.615. The summed E-state index contributed by atoms with van der Waals surface area (Å²) in [6.45, 7) is 10.6. The molecule has 6 heteroatoms. The minimum Gasteiger partial charge on any atom is -0.489 e. The molecule has 0 unspecified atom stereocenters. The second-order valence-electron chi connectivity index (χ2n) is 8.77. The number of Topliss-reactive ketones (excluding diaryl/α,β-unsaturated/α-hetero) is 1. The fourth-order valence-corrected chi connectivity index (χ4v) is 3.85. The van der Waals surface area contributed by atoms with Crippen LogP contribution in [0.2, 0.25) is 0 Å². The highest BCUT2D eigenvalue weighted by atomic mass is 16.5. The first-order valence-corrected chi connectivity index (χ1v) is 12.1. The van der Waals surface area contributed by atoms with Crippen LogP contribution in [-0.4, -0.2) is 23.1 Å². The van der Waals surface area contributed by atoms with Gasteiger partial charge in [-0.15, -0.1) is 0 Å². The molecular weight excluding hydrogens is 404 g/mol. The van der Waals surface area contributed by atoms with Gasteiger partial charge in [0.1, 0.15) is 0 Å². The number of nitrogen functional groups attached to an aromatic ring is 1. The number of nitrogens with two attached hydrogens (primary N) is 1. The maximum absolute atomic E-state index is 13.6. The predicted octanol–water partition coefficient (Wildman–Crippen LogP) is 6.11. The molecule has 0 saturated heterocycles. The lowest BCUT2D eigenvalue weighted by atomic mass is 10.0. The van der Waals surface area contributed by atoms with Gasteiger partial charge in [-0.2, -0.15) is 0 Å². The number of ketones is 1. The number of hydrogen-bond acceptors (Lipinski definition) is 5. The van der Waals surface area contributed by atoms with E-state index in [1.807, 2.05) is 13.8 Å². The number of unbranched alkanes of at least 4 members (excludes halogenated alkanes) is 6. The number of aryl methyl sites for hydroxylation is 1. The van der Waals surface area contributed by atoms with Crippen molar-refractivity contribution in [2.45, 2.75) is 98.6 Å². The molecule has 0 aliphatic rings. The third kappa shape index (κ3) is 6.50. The summed E-state index contributed by atoms with van der Waals surface area (Å²) in [5.41, 5.74) is 7.76. The molecule has 1 aromatic heterocycles. The van der Waals surface area contributed by atoms with Crippen LogP contribution in [0.1, 0.15) is 96.3 Å².